The second-order valence-electron chi connectivity index (χ2n) is 3.11. The highest BCUT2D eigenvalue weighted by Crippen LogP contribution is 2.12. The quantitative estimate of drug-likeness (QED) is 0.634. The fourth-order valence-corrected chi connectivity index (χ4v) is 1.39. The van der Waals surface area contributed by atoms with E-state index in [1.165, 1.54) is 6.20 Å². The minimum absolute atomic E-state index is 0.537. The Balaban J connectivity index is 2.81. The van der Waals surface area contributed by atoms with Crippen LogP contribution in [0.2, 0.25) is 0 Å². The Kier molecular flexibility index (Phi) is 1.96. The number of aldehydes is 1. The molecule has 0 radical (unpaired) electrons. The molecule has 0 saturated carbocycles. The summed E-state index contributed by atoms with van der Waals surface area (Å²) in [6, 6.07) is 1.72. The van der Waals surface area contributed by atoms with Crippen LogP contribution < -0.4 is 0 Å². The zero-order chi connectivity index (χ0) is 10.1. The zero-order valence-electron chi connectivity index (χ0n) is 7.98. The van der Waals surface area contributed by atoms with Crippen LogP contribution in [-0.2, 0) is 0 Å². The van der Waals surface area contributed by atoms with Crippen LogP contribution in [0.5, 0.6) is 0 Å². The maximum Gasteiger partial charge on any atom is 0.151 e. The van der Waals surface area contributed by atoms with E-state index in [4.69, 9.17) is 0 Å². The van der Waals surface area contributed by atoms with Crippen LogP contribution in [0.1, 0.15) is 21.9 Å². The van der Waals surface area contributed by atoms with E-state index < -0.39 is 0 Å². The number of carbonyl (C=O) groups is 1. The standard InChI is InChI=1S/C10H9N3O/c1-6-10-9(13-7(2)12-6)3-8(5-14)4-11-10/h3-5H,1-2H3. The number of aryl methyl sites for hydroxylation is 2. The molecule has 0 saturated heterocycles. The molecule has 0 fully saturated rings. The van der Waals surface area contributed by atoms with E-state index in [9.17, 15) is 4.79 Å². The van der Waals surface area contributed by atoms with Crippen molar-refractivity contribution in [2.24, 2.45) is 0 Å². The molecule has 4 nitrogen and oxygen atoms in total. The average molecular weight is 187 g/mol. The van der Waals surface area contributed by atoms with E-state index >= 15 is 0 Å². The Hall–Kier alpha value is -1.84. The molecule has 2 aromatic heterocycles. The van der Waals surface area contributed by atoms with Gasteiger partial charge in [-0.3, -0.25) is 9.78 Å². The van der Waals surface area contributed by atoms with Gasteiger partial charge in [-0.1, -0.05) is 0 Å². The SMILES string of the molecule is Cc1nc(C)c2ncc(C=O)cc2n1. The first-order chi connectivity index (χ1) is 6.70. The molecule has 0 amide bonds. The molecule has 0 aromatic carbocycles. The number of carbonyl (C=O) groups excluding carboxylic acids is 1. The predicted molar refractivity (Wildman–Crippen MR) is 52.2 cm³/mol. The zero-order valence-corrected chi connectivity index (χ0v) is 7.98. The molecule has 0 aliphatic rings. The maximum absolute atomic E-state index is 10.5. The third kappa shape index (κ3) is 1.35. The number of nitrogens with zero attached hydrogens (tertiary/aromatic N) is 3. The highest BCUT2D eigenvalue weighted by atomic mass is 16.1. The average Bonchev–Trinajstić information content (AvgIpc) is 2.16. The van der Waals surface area contributed by atoms with Crippen molar-refractivity contribution >= 4 is 17.3 Å². The van der Waals surface area contributed by atoms with Gasteiger partial charge in [-0.2, -0.15) is 0 Å². The van der Waals surface area contributed by atoms with Gasteiger partial charge in [0.15, 0.2) is 6.29 Å². The highest BCUT2D eigenvalue weighted by molar-refractivity contribution is 5.84. The van der Waals surface area contributed by atoms with Gasteiger partial charge >= 0.3 is 0 Å². The summed E-state index contributed by atoms with van der Waals surface area (Å²) in [4.78, 5) is 23.1. The van der Waals surface area contributed by atoms with Gasteiger partial charge in [0.1, 0.15) is 11.3 Å². The smallest absolute Gasteiger partial charge is 0.151 e. The molecule has 2 heterocycles. The van der Waals surface area contributed by atoms with Gasteiger partial charge in [-0.25, -0.2) is 9.97 Å². The largest absolute Gasteiger partial charge is 0.298 e. The molecule has 0 atom stereocenters. The first-order valence-corrected chi connectivity index (χ1v) is 4.27. The molecule has 0 aliphatic heterocycles. The summed E-state index contributed by atoms with van der Waals surface area (Å²) < 4.78 is 0. The molecule has 0 unspecified atom stereocenters. The van der Waals surface area contributed by atoms with Crippen molar-refractivity contribution < 1.29 is 4.79 Å². The maximum atomic E-state index is 10.5. The number of pyridine rings is 1. The summed E-state index contributed by atoms with van der Waals surface area (Å²) in [6.07, 6.45) is 2.29. The van der Waals surface area contributed by atoms with E-state index in [0.717, 1.165) is 23.0 Å². The van der Waals surface area contributed by atoms with Crippen molar-refractivity contribution in [3.63, 3.8) is 0 Å². The lowest BCUT2D eigenvalue weighted by molar-refractivity contribution is 0.112. The highest BCUT2D eigenvalue weighted by Gasteiger charge is 2.03. The third-order valence-electron chi connectivity index (χ3n) is 1.98. The van der Waals surface area contributed by atoms with Crippen LogP contribution in [0.15, 0.2) is 12.3 Å². The predicted octanol–water partition coefficient (Wildman–Crippen LogP) is 1.45. The van der Waals surface area contributed by atoms with Crippen molar-refractivity contribution in [3.05, 3.63) is 29.3 Å². The molecule has 2 rings (SSSR count). The van der Waals surface area contributed by atoms with Crippen LogP contribution >= 0.6 is 0 Å². The molecule has 0 N–H and O–H groups in total. The van der Waals surface area contributed by atoms with Gasteiger partial charge in [-0.15, -0.1) is 0 Å². The Morgan fingerprint density at radius 3 is 2.79 bits per heavy atom. The summed E-state index contributed by atoms with van der Waals surface area (Å²) in [5.41, 5.74) is 2.85. The Labute approximate surface area is 81.0 Å². The Morgan fingerprint density at radius 2 is 2.07 bits per heavy atom. The van der Waals surface area contributed by atoms with Gasteiger partial charge < -0.3 is 0 Å². The van der Waals surface area contributed by atoms with E-state index in [2.05, 4.69) is 15.0 Å². The van der Waals surface area contributed by atoms with Gasteiger partial charge in [0.25, 0.3) is 0 Å². The first kappa shape index (κ1) is 8.74. The van der Waals surface area contributed by atoms with Crippen molar-refractivity contribution in [2.45, 2.75) is 13.8 Å². The van der Waals surface area contributed by atoms with Crippen molar-refractivity contribution in [1.82, 2.24) is 15.0 Å². The molecule has 14 heavy (non-hydrogen) atoms. The Morgan fingerprint density at radius 1 is 1.29 bits per heavy atom. The van der Waals surface area contributed by atoms with E-state index in [1.54, 1.807) is 6.07 Å². The van der Waals surface area contributed by atoms with E-state index in [1.807, 2.05) is 13.8 Å². The second kappa shape index (κ2) is 3.14. The van der Waals surface area contributed by atoms with Crippen molar-refractivity contribution in [2.75, 3.05) is 0 Å². The Bertz CT molecular complexity index is 508. The molecule has 70 valence electrons. The van der Waals surface area contributed by atoms with E-state index in [0.29, 0.717) is 11.4 Å². The second-order valence-corrected chi connectivity index (χ2v) is 3.11. The van der Waals surface area contributed by atoms with Crippen LogP contribution in [-0.4, -0.2) is 21.2 Å². The number of fused-ring (bicyclic) bond motifs is 1. The lowest BCUT2D eigenvalue weighted by Gasteiger charge is -2.01. The molecule has 0 spiro atoms. The molecule has 4 heteroatoms. The fraction of sp³-hybridized carbons (Fsp3) is 0.200. The van der Waals surface area contributed by atoms with Crippen molar-refractivity contribution in [3.8, 4) is 0 Å². The number of hydrogen-bond acceptors (Lipinski definition) is 4. The van der Waals surface area contributed by atoms with Gasteiger partial charge in [-0.05, 0) is 19.9 Å². The van der Waals surface area contributed by atoms with Gasteiger partial charge in [0, 0.05) is 11.8 Å². The molecular weight excluding hydrogens is 178 g/mol. The number of aromatic nitrogens is 3. The van der Waals surface area contributed by atoms with Crippen molar-refractivity contribution in [1.29, 1.82) is 0 Å². The molecule has 2 aromatic rings. The molecule has 0 bridgehead atoms. The fourth-order valence-electron chi connectivity index (χ4n) is 1.39. The normalized spacial score (nSPS) is 10.4. The topological polar surface area (TPSA) is 55.7 Å². The van der Waals surface area contributed by atoms with Crippen LogP contribution in [0.3, 0.4) is 0 Å². The minimum Gasteiger partial charge on any atom is -0.298 e. The summed E-state index contributed by atoms with van der Waals surface area (Å²) in [5.74, 6) is 0.694. The molecule has 0 aliphatic carbocycles. The molecular formula is C10H9N3O. The minimum atomic E-state index is 0.537. The summed E-state index contributed by atoms with van der Waals surface area (Å²) in [5, 5.41) is 0. The monoisotopic (exact) mass is 187 g/mol. The number of hydrogen-bond donors (Lipinski definition) is 0. The van der Waals surface area contributed by atoms with Gasteiger partial charge in [0.2, 0.25) is 0 Å². The lowest BCUT2D eigenvalue weighted by atomic mass is 10.2. The lowest BCUT2D eigenvalue weighted by Crippen LogP contribution is -1.96. The van der Waals surface area contributed by atoms with Crippen LogP contribution in [0.4, 0.5) is 0 Å². The number of rotatable bonds is 1. The summed E-state index contributed by atoms with van der Waals surface area (Å²) in [6.45, 7) is 3.70. The van der Waals surface area contributed by atoms with Crippen LogP contribution in [0.25, 0.3) is 11.0 Å². The third-order valence-corrected chi connectivity index (χ3v) is 1.98. The first-order valence-electron chi connectivity index (χ1n) is 4.27. The van der Waals surface area contributed by atoms with E-state index in [-0.39, 0.29) is 0 Å². The summed E-state index contributed by atoms with van der Waals surface area (Å²) in [7, 11) is 0. The van der Waals surface area contributed by atoms with Gasteiger partial charge in [0.05, 0.1) is 11.2 Å². The van der Waals surface area contributed by atoms with Crippen LogP contribution in [0, 0.1) is 13.8 Å². The summed E-state index contributed by atoms with van der Waals surface area (Å²) >= 11 is 0.